The van der Waals surface area contributed by atoms with Crippen LogP contribution >= 0.6 is 15.2 Å². The molecule has 0 aromatic rings. The molecule has 0 unspecified atom stereocenters. The van der Waals surface area contributed by atoms with Crippen LogP contribution in [0.4, 0.5) is 0 Å². The Bertz CT molecular complexity index is 286. The van der Waals surface area contributed by atoms with Gasteiger partial charge in [0.15, 0.2) is 0 Å². The molecule has 98 valence electrons. The molecule has 0 saturated heterocycles. The molecule has 10 heteroatoms. The molecule has 0 bridgehead atoms. The van der Waals surface area contributed by atoms with E-state index in [-0.39, 0.29) is 6.42 Å². The van der Waals surface area contributed by atoms with E-state index in [1.54, 1.807) is 6.92 Å². The zero-order chi connectivity index (χ0) is 13.0. The summed E-state index contributed by atoms with van der Waals surface area (Å²) in [5.74, 6) is 0. The molecule has 0 aromatic carbocycles. The first-order chi connectivity index (χ1) is 7.06. The van der Waals surface area contributed by atoms with Gasteiger partial charge in [0.25, 0.3) is 5.08 Å². The zero-order valence-electron chi connectivity index (χ0n) is 8.78. The molecule has 0 amide bonds. The summed E-state index contributed by atoms with van der Waals surface area (Å²) >= 11 is 0. The molecule has 16 heavy (non-hydrogen) atoms. The van der Waals surface area contributed by atoms with Crippen LogP contribution in [0.25, 0.3) is 0 Å². The molecule has 0 fully saturated rings. The van der Waals surface area contributed by atoms with Crippen molar-refractivity contribution in [3.05, 3.63) is 0 Å². The number of hydrogen-bond donors (Lipinski definition) is 6. The van der Waals surface area contributed by atoms with E-state index in [4.69, 9.17) is 19.6 Å². The zero-order valence-corrected chi connectivity index (χ0v) is 10.6. The Morgan fingerprint density at radius 2 is 1.56 bits per heavy atom. The summed E-state index contributed by atoms with van der Waals surface area (Å²) in [7, 11) is -10.6. The van der Waals surface area contributed by atoms with Crippen LogP contribution in [0.3, 0.4) is 0 Å². The molecule has 0 heterocycles. The van der Waals surface area contributed by atoms with Gasteiger partial charge in [0, 0.05) is 6.42 Å². The minimum absolute atomic E-state index is 0.0422. The molecular formula is C6H17NO7P2. The normalized spacial score (nSPS) is 14.1. The third kappa shape index (κ3) is 3.91. The maximum atomic E-state index is 10.9. The van der Waals surface area contributed by atoms with Crippen molar-refractivity contribution in [3.8, 4) is 0 Å². The predicted octanol–water partition coefficient (Wildman–Crippen LogP) is -0.622. The fourth-order valence-corrected chi connectivity index (χ4v) is 3.34. The van der Waals surface area contributed by atoms with E-state index in [2.05, 4.69) is 5.32 Å². The van der Waals surface area contributed by atoms with Crippen molar-refractivity contribution >= 4 is 15.2 Å². The van der Waals surface area contributed by atoms with Crippen LogP contribution < -0.4 is 5.32 Å². The smallest absolute Gasteiger partial charge is 0.368 e. The van der Waals surface area contributed by atoms with E-state index in [1.807, 2.05) is 0 Å². The number of aliphatic hydroxyl groups is 1. The van der Waals surface area contributed by atoms with E-state index < -0.39 is 26.7 Å². The minimum Gasteiger partial charge on any atom is -0.368 e. The van der Waals surface area contributed by atoms with E-state index in [9.17, 15) is 14.2 Å². The quantitative estimate of drug-likeness (QED) is 0.266. The first-order valence-electron chi connectivity index (χ1n) is 4.60. The van der Waals surface area contributed by atoms with E-state index in [0.717, 1.165) is 0 Å². The second-order valence-corrected chi connectivity index (χ2v) is 7.33. The molecule has 8 nitrogen and oxygen atoms in total. The molecule has 0 aromatic heterocycles. The first-order valence-corrected chi connectivity index (χ1v) is 7.83. The predicted molar refractivity (Wildman–Crippen MR) is 56.8 cm³/mol. The van der Waals surface area contributed by atoms with Gasteiger partial charge in [-0.2, -0.15) is 0 Å². The van der Waals surface area contributed by atoms with Crippen molar-refractivity contribution in [1.29, 1.82) is 0 Å². The second kappa shape index (κ2) is 5.71. The average Bonchev–Trinajstić information content (AvgIpc) is 2.08. The van der Waals surface area contributed by atoms with Gasteiger partial charge in [0.1, 0.15) is 0 Å². The third-order valence-corrected chi connectivity index (χ3v) is 5.93. The van der Waals surface area contributed by atoms with Gasteiger partial charge in [-0.25, -0.2) is 0 Å². The van der Waals surface area contributed by atoms with Gasteiger partial charge >= 0.3 is 15.2 Å². The Balaban J connectivity index is 4.73. The summed E-state index contributed by atoms with van der Waals surface area (Å²) in [6.07, 6.45) is -0.630. The number of hydrogen-bond acceptors (Lipinski definition) is 4. The van der Waals surface area contributed by atoms with Crippen molar-refractivity contribution in [2.45, 2.75) is 24.8 Å². The molecular weight excluding hydrogens is 260 g/mol. The summed E-state index contributed by atoms with van der Waals surface area (Å²) in [6.45, 7) is 2.72. The monoisotopic (exact) mass is 277 g/mol. The maximum absolute atomic E-state index is 10.9. The van der Waals surface area contributed by atoms with Gasteiger partial charge in [0.2, 0.25) is 0 Å². The average molecular weight is 277 g/mol. The first kappa shape index (κ1) is 16.2. The van der Waals surface area contributed by atoms with Crippen molar-refractivity contribution in [2.75, 3.05) is 13.1 Å². The largest absolute Gasteiger partial charge is 0.369 e. The van der Waals surface area contributed by atoms with Gasteiger partial charge in [-0.1, -0.05) is 6.92 Å². The Labute approximate surface area is 93.0 Å². The lowest BCUT2D eigenvalue weighted by atomic mass is 10.3. The topological polar surface area (TPSA) is 147 Å². The van der Waals surface area contributed by atoms with Crippen LogP contribution in [-0.4, -0.2) is 42.9 Å². The highest BCUT2D eigenvalue weighted by atomic mass is 31.2. The maximum Gasteiger partial charge on any atom is 0.369 e. The molecule has 6 N–H and O–H groups in total. The summed E-state index contributed by atoms with van der Waals surface area (Å²) in [4.78, 5) is 35.1. The molecule has 0 aliphatic rings. The van der Waals surface area contributed by atoms with E-state index in [1.165, 1.54) is 0 Å². The minimum atomic E-state index is -5.29. The summed E-state index contributed by atoms with van der Waals surface area (Å²) in [5.41, 5.74) is 0. The van der Waals surface area contributed by atoms with Gasteiger partial charge < -0.3 is 30.0 Å². The van der Waals surface area contributed by atoms with Gasteiger partial charge in [-0.15, -0.1) is 0 Å². The van der Waals surface area contributed by atoms with Crippen LogP contribution in [-0.2, 0) is 9.13 Å². The molecule has 0 radical (unpaired) electrons. The summed E-state index contributed by atoms with van der Waals surface area (Å²) in [6, 6.07) is 0. The Morgan fingerprint density at radius 1 is 1.12 bits per heavy atom. The standard InChI is InChI=1S/C6H17NO7P2/c1-2-7-5-3-4-6(8,15(9,10)11)16(12,13)14/h7-8H,2-5H2,1H3,(H2,9,10,11)(H2,12,13,14). The molecule has 0 rings (SSSR count). The summed E-state index contributed by atoms with van der Waals surface area (Å²) < 4.78 is 21.8. The van der Waals surface area contributed by atoms with Crippen LogP contribution in [0.5, 0.6) is 0 Å². The lowest BCUT2D eigenvalue weighted by Crippen LogP contribution is -2.30. The van der Waals surface area contributed by atoms with Gasteiger partial charge in [0.05, 0.1) is 0 Å². The third-order valence-electron chi connectivity index (χ3n) is 2.05. The lowest BCUT2D eigenvalue weighted by Gasteiger charge is -2.29. The lowest BCUT2D eigenvalue weighted by molar-refractivity contribution is 0.121. The molecule has 0 atom stereocenters. The highest BCUT2D eigenvalue weighted by molar-refractivity contribution is 7.72. The SMILES string of the molecule is CCNCCCC(O)(P(=O)(O)O)P(=O)(O)O. The second-order valence-electron chi connectivity index (χ2n) is 3.32. The van der Waals surface area contributed by atoms with E-state index >= 15 is 0 Å². The van der Waals surface area contributed by atoms with Crippen molar-refractivity contribution in [3.63, 3.8) is 0 Å². The Morgan fingerprint density at radius 3 is 1.88 bits per heavy atom. The van der Waals surface area contributed by atoms with Crippen molar-refractivity contribution in [2.24, 2.45) is 0 Å². The molecule has 0 spiro atoms. The highest BCUT2D eigenvalue weighted by Gasteiger charge is 2.58. The molecule has 0 saturated carbocycles. The van der Waals surface area contributed by atoms with Crippen LogP contribution in [0.15, 0.2) is 0 Å². The molecule has 0 aliphatic carbocycles. The summed E-state index contributed by atoms with van der Waals surface area (Å²) in [5, 5.41) is 8.95. The van der Waals surface area contributed by atoms with Crippen LogP contribution in [0, 0.1) is 0 Å². The number of rotatable bonds is 7. The Hall–Kier alpha value is 0.220. The Kier molecular flexibility index (Phi) is 5.79. The van der Waals surface area contributed by atoms with Crippen LogP contribution in [0.2, 0.25) is 0 Å². The number of nitrogens with one attached hydrogen (secondary N) is 1. The van der Waals surface area contributed by atoms with Gasteiger partial charge in [-0.3, -0.25) is 9.13 Å². The highest BCUT2D eigenvalue weighted by Crippen LogP contribution is 2.69. The molecule has 0 aliphatic heterocycles. The van der Waals surface area contributed by atoms with Crippen molar-refractivity contribution in [1.82, 2.24) is 5.32 Å². The fraction of sp³-hybridized carbons (Fsp3) is 1.00. The van der Waals surface area contributed by atoms with Gasteiger partial charge in [-0.05, 0) is 19.5 Å². The van der Waals surface area contributed by atoms with Crippen molar-refractivity contribution < 1.29 is 33.8 Å². The fourth-order valence-electron chi connectivity index (χ4n) is 1.09. The van der Waals surface area contributed by atoms with Crippen LogP contribution in [0.1, 0.15) is 19.8 Å². The van der Waals surface area contributed by atoms with E-state index in [0.29, 0.717) is 13.1 Å².